The minimum Gasteiger partial charge on any atom is -0.495 e. The maximum atomic E-state index is 11.7. The van der Waals surface area contributed by atoms with Crippen LogP contribution in [0.25, 0.3) is 0 Å². The van der Waals surface area contributed by atoms with Gasteiger partial charge in [0.05, 0.1) is 12.8 Å². The second kappa shape index (κ2) is 6.04. The summed E-state index contributed by atoms with van der Waals surface area (Å²) in [7, 11) is 1.53. The van der Waals surface area contributed by atoms with E-state index in [4.69, 9.17) is 10.5 Å². The average Bonchev–Trinajstić information content (AvgIpc) is 2.36. The molecule has 4 N–H and O–H groups in total. The number of carbonyl (C=O) groups excluding carboxylic acids is 1. The highest BCUT2D eigenvalue weighted by Gasteiger charge is 2.19. The second-order valence-electron chi connectivity index (χ2n) is 5.41. The quantitative estimate of drug-likeness (QED) is 0.765. The monoisotopic (exact) mass is 266 g/mol. The molecule has 0 spiro atoms. The number of hydrogen-bond acceptors (Lipinski definition) is 4. The number of methoxy groups -OCH3 is 1. The molecule has 1 atom stereocenters. The van der Waals surface area contributed by atoms with Gasteiger partial charge in [-0.1, -0.05) is 26.8 Å². The first kappa shape index (κ1) is 15.5. The number of nitrogens with one attached hydrogen (secondary N) is 1. The lowest BCUT2D eigenvalue weighted by Crippen LogP contribution is -2.34. The molecule has 1 rings (SSSR count). The van der Waals surface area contributed by atoms with Crippen LogP contribution >= 0.6 is 0 Å². The van der Waals surface area contributed by atoms with Gasteiger partial charge in [0.15, 0.2) is 0 Å². The number of rotatable bonds is 4. The zero-order chi connectivity index (χ0) is 14.6. The van der Waals surface area contributed by atoms with Crippen molar-refractivity contribution in [3.05, 3.63) is 23.8 Å². The van der Waals surface area contributed by atoms with Crippen molar-refractivity contribution >= 4 is 11.6 Å². The molecule has 5 nitrogen and oxygen atoms in total. The van der Waals surface area contributed by atoms with E-state index < -0.39 is 12.0 Å². The van der Waals surface area contributed by atoms with Crippen molar-refractivity contribution in [2.45, 2.75) is 32.3 Å². The van der Waals surface area contributed by atoms with Crippen molar-refractivity contribution in [2.75, 3.05) is 19.0 Å². The molecule has 0 radical (unpaired) electrons. The zero-order valence-corrected chi connectivity index (χ0v) is 11.9. The van der Waals surface area contributed by atoms with Gasteiger partial charge in [0, 0.05) is 6.54 Å². The van der Waals surface area contributed by atoms with E-state index in [9.17, 15) is 9.90 Å². The van der Waals surface area contributed by atoms with Gasteiger partial charge < -0.3 is 20.9 Å². The lowest BCUT2D eigenvalue weighted by atomic mass is 9.87. The Balaban J connectivity index is 3.07. The Bertz CT molecular complexity index is 452. The van der Waals surface area contributed by atoms with Crippen LogP contribution < -0.4 is 15.8 Å². The SMILES string of the molecule is COc1ccc(C(C)(C)C)cc1NC(=O)C(O)CN. The molecule has 1 aromatic carbocycles. The minimum atomic E-state index is -1.22. The Labute approximate surface area is 113 Å². The Morgan fingerprint density at radius 1 is 1.47 bits per heavy atom. The van der Waals surface area contributed by atoms with Crippen molar-refractivity contribution in [1.29, 1.82) is 0 Å². The Morgan fingerprint density at radius 2 is 2.11 bits per heavy atom. The van der Waals surface area contributed by atoms with Crippen LogP contribution in [0.5, 0.6) is 5.75 Å². The topological polar surface area (TPSA) is 84.6 Å². The lowest BCUT2D eigenvalue weighted by Gasteiger charge is -2.21. The summed E-state index contributed by atoms with van der Waals surface area (Å²) in [6.45, 7) is 6.12. The summed E-state index contributed by atoms with van der Waals surface area (Å²) in [5, 5.41) is 12.0. The summed E-state index contributed by atoms with van der Waals surface area (Å²) >= 11 is 0. The zero-order valence-electron chi connectivity index (χ0n) is 11.9. The fraction of sp³-hybridized carbons (Fsp3) is 0.500. The third kappa shape index (κ3) is 3.94. The van der Waals surface area contributed by atoms with Crippen LogP contribution in [-0.4, -0.2) is 30.8 Å². The molecule has 106 valence electrons. The normalized spacial score (nSPS) is 12.9. The van der Waals surface area contributed by atoms with Gasteiger partial charge in [-0.15, -0.1) is 0 Å². The summed E-state index contributed by atoms with van der Waals surface area (Å²) < 4.78 is 5.20. The lowest BCUT2D eigenvalue weighted by molar-refractivity contribution is -0.123. The van der Waals surface area contributed by atoms with Crippen LogP contribution in [0.1, 0.15) is 26.3 Å². The van der Waals surface area contributed by atoms with E-state index in [2.05, 4.69) is 26.1 Å². The number of hydrogen-bond donors (Lipinski definition) is 3. The van der Waals surface area contributed by atoms with Gasteiger partial charge in [-0.3, -0.25) is 4.79 Å². The predicted octanol–water partition coefficient (Wildman–Crippen LogP) is 1.25. The molecule has 0 heterocycles. The molecule has 0 saturated heterocycles. The van der Waals surface area contributed by atoms with E-state index in [1.807, 2.05) is 12.1 Å². The number of carbonyl (C=O) groups is 1. The van der Waals surface area contributed by atoms with Crippen LogP contribution in [0, 0.1) is 0 Å². The highest BCUT2D eigenvalue weighted by atomic mass is 16.5. The molecule has 0 aliphatic carbocycles. The van der Waals surface area contributed by atoms with E-state index >= 15 is 0 Å². The molecule has 1 aromatic rings. The maximum absolute atomic E-state index is 11.7. The third-order valence-corrected chi connectivity index (χ3v) is 2.85. The van der Waals surface area contributed by atoms with Crippen LogP contribution in [0.4, 0.5) is 5.69 Å². The molecule has 0 saturated carbocycles. The molecule has 0 aliphatic heterocycles. The van der Waals surface area contributed by atoms with Gasteiger partial charge >= 0.3 is 0 Å². The smallest absolute Gasteiger partial charge is 0.254 e. The maximum Gasteiger partial charge on any atom is 0.254 e. The first-order valence-electron chi connectivity index (χ1n) is 6.17. The Kier molecular flexibility index (Phi) is 4.91. The van der Waals surface area contributed by atoms with E-state index in [1.54, 1.807) is 6.07 Å². The van der Waals surface area contributed by atoms with Gasteiger partial charge in [0.2, 0.25) is 0 Å². The highest BCUT2D eigenvalue weighted by Crippen LogP contribution is 2.31. The number of aliphatic hydroxyl groups is 1. The average molecular weight is 266 g/mol. The fourth-order valence-corrected chi connectivity index (χ4v) is 1.60. The van der Waals surface area contributed by atoms with Gasteiger partial charge in [-0.2, -0.15) is 0 Å². The molecule has 1 unspecified atom stereocenters. The van der Waals surface area contributed by atoms with Crippen molar-refractivity contribution in [1.82, 2.24) is 0 Å². The Hall–Kier alpha value is -1.59. The summed E-state index contributed by atoms with van der Waals surface area (Å²) in [4.78, 5) is 11.7. The summed E-state index contributed by atoms with van der Waals surface area (Å²) in [5.74, 6) is 0.0115. The van der Waals surface area contributed by atoms with E-state index in [0.717, 1.165) is 5.56 Å². The molecule has 0 aromatic heterocycles. The van der Waals surface area contributed by atoms with Crippen LogP contribution in [0.2, 0.25) is 0 Å². The number of amides is 1. The highest BCUT2D eigenvalue weighted by molar-refractivity contribution is 5.95. The number of ether oxygens (including phenoxy) is 1. The van der Waals surface area contributed by atoms with E-state index in [0.29, 0.717) is 11.4 Å². The minimum absolute atomic E-state index is 0.0434. The summed E-state index contributed by atoms with van der Waals surface area (Å²) in [6.07, 6.45) is -1.22. The van der Waals surface area contributed by atoms with Crippen LogP contribution in [0.3, 0.4) is 0 Å². The molecule has 0 aliphatic rings. The standard InChI is InChI=1S/C14H22N2O3/c1-14(2,3)9-5-6-12(19-4)10(7-9)16-13(18)11(17)8-15/h5-7,11,17H,8,15H2,1-4H3,(H,16,18). The van der Waals surface area contributed by atoms with Gasteiger partial charge in [-0.25, -0.2) is 0 Å². The first-order valence-corrected chi connectivity index (χ1v) is 6.17. The van der Waals surface area contributed by atoms with Crippen LogP contribution in [-0.2, 0) is 10.2 Å². The fourth-order valence-electron chi connectivity index (χ4n) is 1.60. The Morgan fingerprint density at radius 3 is 2.58 bits per heavy atom. The van der Waals surface area contributed by atoms with Gasteiger partial charge in [0.25, 0.3) is 5.91 Å². The number of anilines is 1. The van der Waals surface area contributed by atoms with Crippen molar-refractivity contribution < 1.29 is 14.6 Å². The molecular weight excluding hydrogens is 244 g/mol. The van der Waals surface area contributed by atoms with Gasteiger partial charge in [-0.05, 0) is 23.1 Å². The van der Waals surface area contributed by atoms with Gasteiger partial charge in [0.1, 0.15) is 11.9 Å². The molecule has 1 amide bonds. The number of benzene rings is 1. The van der Waals surface area contributed by atoms with E-state index in [-0.39, 0.29) is 12.0 Å². The molecule has 5 heteroatoms. The van der Waals surface area contributed by atoms with Crippen molar-refractivity contribution in [3.63, 3.8) is 0 Å². The van der Waals surface area contributed by atoms with E-state index in [1.165, 1.54) is 7.11 Å². The molecular formula is C14H22N2O3. The molecule has 19 heavy (non-hydrogen) atoms. The predicted molar refractivity (Wildman–Crippen MR) is 75.4 cm³/mol. The number of nitrogens with two attached hydrogens (primary N) is 1. The van der Waals surface area contributed by atoms with Crippen molar-refractivity contribution in [2.24, 2.45) is 5.73 Å². The second-order valence-corrected chi connectivity index (χ2v) is 5.41. The first-order chi connectivity index (χ1) is 8.79. The summed E-state index contributed by atoms with van der Waals surface area (Å²) in [6, 6.07) is 5.60. The largest absolute Gasteiger partial charge is 0.495 e. The van der Waals surface area contributed by atoms with Crippen molar-refractivity contribution in [3.8, 4) is 5.75 Å². The molecule has 0 fully saturated rings. The molecule has 0 bridgehead atoms. The third-order valence-electron chi connectivity index (χ3n) is 2.85. The summed E-state index contributed by atoms with van der Waals surface area (Å²) in [5.41, 5.74) is 6.81. The van der Waals surface area contributed by atoms with Crippen LogP contribution in [0.15, 0.2) is 18.2 Å². The number of aliphatic hydroxyl groups excluding tert-OH is 1.